The first-order valence-electron chi connectivity index (χ1n) is 6.77. The van der Waals surface area contributed by atoms with Crippen molar-refractivity contribution in [2.45, 2.75) is 63.3 Å². The number of hydrogen-bond acceptors (Lipinski definition) is 3. The Balaban J connectivity index is 0.00000120. The quantitative estimate of drug-likeness (QED) is 0.784. The molecule has 104 valence electrons. The molecule has 4 nitrogen and oxygen atoms in total. The second kappa shape index (κ2) is 4.99. The fourth-order valence-electron chi connectivity index (χ4n) is 3.67. The highest BCUT2D eigenvalue weighted by Crippen LogP contribution is 2.38. The molecule has 3 fully saturated rings. The summed E-state index contributed by atoms with van der Waals surface area (Å²) < 4.78 is 5.95. The molecule has 3 saturated heterocycles. The molecule has 18 heavy (non-hydrogen) atoms. The predicted molar refractivity (Wildman–Crippen MR) is 72.0 cm³/mol. The van der Waals surface area contributed by atoms with Gasteiger partial charge in [0.25, 0.3) is 0 Å². The van der Waals surface area contributed by atoms with Crippen LogP contribution in [0.1, 0.15) is 39.5 Å². The second-order valence-electron chi connectivity index (χ2n) is 6.13. The molecular weight excluding hydrogens is 252 g/mol. The van der Waals surface area contributed by atoms with Crippen LogP contribution in [-0.4, -0.2) is 47.7 Å². The Morgan fingerprint density at radius 1 is 1.33 bits per heavy atom. The van der Waals surface area contributed by atoms with Crippen molar-refractivity contribution < 1.29 is 9.53 Å². The lowest BCUT2D eigenvalue weighted by Crippen LogP contribution is -2.61. The SMILES string of the molecule is CC(C)N1CC2(CC3CCC(C2)N3)OCC1=O.Cl. The van der Waals surface area contributed by atoms with Gasteiger partial charge in [-0.15, -0.1) is 12.4 Å². The molecule has 0 saturated carbocycles. The molecule has 5 heteroatoms. The fraction of sp³-hybridized carbons (Fsp3) is 0.923. The summed E-state index contributed by atoms with van der Waals surface area (Å²) >= 11 is 0. The van der Waals surface area contributed by atoms with Gasteiger partial charge in [-0.25, -0.2) is 0 Å². The molecular formula is C13H23ClN2O2. The van der Waals surface area contributed by atoms with Crippen molar-refractivity contribution in [3.05, 3.63) is 0 Å². The van der Waals surface area contributed by atoms with Gasteiger partial charge in [0, 0.05) is 18.1 Å². The first-order chi connectivity index (χ1) is 8.08. The van der Waals surface area contributed by atoms with Gasteiger partial charge in [0.15, 0.2) is 0 Å². The van der Waals surface area contributed by atoms with Crippen LogP contribution in [0.3, 0.4) is 0 Å². The zero-order valence-electron chi connectivity index (χ0n) is 11.1. The number of fused-ring (bicyclic) bond motifs is 2. The number of nitrogens with zero attached hydrogens (tertiary/aromatic N) is 1. The number of hydrogen-bond donors (Lipinski definition) is 1. The highest BCUT2D eigenvalue weighted by molar-refractivity contribution is 5.85. The standard InChI is InChI=1S/C13H22N2O2.ClH/c1-9(2)15-8-13(17-7-12(15)16)5-10-3-4-11(6-13)14-10;/h9-11,14H,3-8H2,1-2H3;1H. The van der Waals surface area contributed by atoms with E-state index in [0.29, 0.717) is 12.1 Å². The molecule has 2 unspecified atom stereocenters. The summed E-state index contributed by atoms with van der Waals surface area (Å²) in [5.41, 5.74) is -0.0603. The van der Waals surface area contributed by atoms with Crippen LogP contribution in [0.15, 0.2) is 0 Å². The molecule has 3 rings (SSSR count). The Kier molecular flexibility index (Phi) is 3.90. The maximum atomic E-state index is 11.8. The minimum Gasteiger partial charge on any atom is -0.363 e. The maximum absolute atomic E-state index is 11.8. The Morgan fingerprint density at radius 3 is 2.50 bits per heavy atom. The van der Waals surface area contributed by atoms with Crippen molar-refractivity contribution in [2.24, 2.45) is 0 Å². The number of amides is 1. The average molecular weight is 275 g/mol. The summed E-state index contributed by atoms with van der Waals surface area (Å²) in [6, 6.07) is 1.50. The van der Waals surface area contributed by atoms with E-state index in [0.717, 1.165) is 19.4 Å². The number of carbonyl (C=O) groups is 1. The van der Waals surface area contributed by atoms with Crippen molar-refractivity contribution in [3.63, 3.8) is 0 Å². The number of piperidine rings is 1. The van der Waals surface area contributed by atoms with E-state index in [1.165, 1.54) is 12.8 Å². The van der Waals surface area contributed by atoms with Crippen LogP contribution >= 0.6 is 12.4 Å². The minimum absolute atomic E-state index is 0. The fourth-order valence-corrected chi connectivity index (χ4v) is 3.67. The minimum atomic E-state index is -0.0603. The van der Waals surface area contributed by atoms with Gasteiger partial charge >= 0.3 is 0 Å². The van der Waals surface area contributed by atoms with Crippen molar-refractivity contribution in [1.82, 2.24) is 10.2 Å². The monoisotopic (exact) mass is 274 g/mol. The Hall–Kier alpha value is -0.320. The predicted octanol–water partition coefficient (Wildman–Crippen LogP) is 1.33. The molecule has 0 radical (unpaired) electrons. The number of morpholine rings is 1. The molecule has 1 amide bonds. The lowest BCUT2D eigenvalue weighted by molar-refractivity contribution is -0.173. The number of carbonyl (C=O) groups excluding carboxylic acids is 1. The van der Waals surface area contributed by atoms with Gasteiger partial charge in [0.05, 0.1) is 12.1 Å². The zero-order chi connectivity index (χ0) is 12.0. The summed E-state index contributed by atoms with van der Waals surface area (Å²) in [4.78, 5) is 13.8. The number of nitrogens with one attached hydrogen (secondary N) is 1. The number of halogens is 1. The van der Waals surface area contributed by atoms with E-state index in [-0.39, 0.29) is 36.6 Å². The molecule has 3 aliphatic heterocycles. The molecule has 0 aromatic rings. The van der Waals surface area contributed by atoms with Gasteiger partial charge in [0.2, 0.25) is 5.91 Å². The summed E-state index contributed by atoms with van der Waals surface area (Å²) in [5.74, 6) is 0.150. The van der Waals surface area contributed by atoms with E-state index in [1.807, 2.05) is 4.90 Å². The van der Waals surface area contributed by atoms with Crippen LogP contribution in [0.4, 0.5) is 0 Å². The highest BCUT2D eigenvalue weighted by atomic mass is 35.5. The van der Waals surface area contributed by atoms with Gasteiger partial charge in [-0.3, -0.25) is 4.79 Å². The smallest absolute Gasteiger partial charge is 0.248 e. The molecule has 1 N–H and O–H groups in total. The number of ether oxygens (including phenoxy) is 1. The van der Waals surface area contributed by atoms with Crippen LogP contribution in [0.5, 0.6) is 0 Å². The zero-order valence-corrected chi connectivity index (χ0v) is 12.0. The van der Waals surface area contributed by atoms with Gasteiger partial charge in [-0.1, -0.05) is 0 Å². The van der Waals surface area contributed by atoms with Crippen LogP contribution in [0.2, 0.25) is 0 Å². The third-order valence-corrected chi connectivity index (χ3v) is 4.48. The lowest BCUT2D eigenvalue weighted by atomic mass is 9.85. The second-order valence-corrected chi connectivity index (χ2v) is 6.13. The molecule has 1 spiro atoms. The third-order valence-electron chi connectivity index (χ3n) is 4.48. The van der Waals surface area contributed by atoms with Crippen molar-refractivity contribution in [2.75, 3.05) is 13.2 Å². The van der Waals surface area contributed by atoms with Crippen LogP contribution in [-0.2, 0) is 9.53 Å². The molecule has 0 aromatic heterocycles. The third kappa shape index (κ3) is 2.38. The summed E-state index contributed by atoms with van der Waals surface area (Å²) in [6.45, 7) is 5.25. The van der Waals surface area contributed by atoms with Gasteiger partial charge in [0.1, 0.15) is 6.61 Å². The Labute approximate surface area is 115 Å². The van der Waals surface area contributed by atoms with Crippen LogP contribution in [0, 0.1) is 0 Å². The van der Waals surface area contributed by atoms with Crippen molar-refractivity contribution in [1.29, 1.82) is 0 Å². The molecule has 3 aliphatic rings. The highest BCUT2D eigenvalue weighted by Gasteiger charge is 2.48. The maximum Gasteiger partial charge on any atom is 0.248 e. The lowest BCUT2D eigenvalue weighted by Gasteiger charge is -2.48. The molecule has 2 atom stereocenters. The van der Waals surface area contributed by atoms with E-state index >= 15 is 0 Å². The molecule has 2 bridgehead atoms. The summed E-state index contributed by atoms with van der Waals surface area (Å²) in [7, 11) is 0. The van der Waals surface area contributed by atoms with Gasteiger partial charge in [-0.2, -0.15) is 0 Å². The van der Waals surface area contributed by atoms with E-state index in [2.05, 4.69) is 19.2 Å². The van der Waals surface area contributed by atoms with E-state index in [4.69, 9.17) is 4.74 Å². The first kappa shape index (κ1) is 14.1. The Bertz CT molecular complexity index is 323. The van der Waals surface area contributed by atoms with E-state index in [1.54, 1.807) is 0 Å². The Morgan fingerprint density at radius 2 is 1.94 bits per heavy atom. The largest absolute Gasteiger partial charge is 0.363 e. The van der Waals surface area contributed by atoms with E-state index in [9.17, 15) is 4.79 Å². The molecule has 0 aromatic carbocycles. The van der Waals surface area contributed by atoms with Crippen LogP contribution in [0.25, 0.3) is 0 Å². The first-order valence-corrected chi connectivity index (χ1v) is 6.77. The van der Waals surface area contributed by atoms with Crippen molar-refractivity contribution >= 4 is 18.3 Å². The average Bonchev–Trinajstić information content (AvgIpc) is 2.63. The topological polar surface area (TPSA) is 41.6 Å². The van der Waals surface area contributed by atoms with Gasteiger partial charge in [-0.05, 0) is 39.5 Å². The van der Waals surface area contributed by atoms with Crippen molar-refractivity contribution in [3.8, 4) is 0 Å². The molecule has 3 heterocycles. The summed E-state index contributed by atoms with van der Waals surface area (Å²) in [5, 5.41) is 3.63. The molecule has 0 aliphatic carbocycles. The van der Waals surface area contributed by atoms with Gasteiger partial charge < -0.3 is 15.0 Å². The van der Waals surface area contributed by atoms with Crippen LogP contribution < -0.4 is 5.32 Å². The van der Waals surface area contributed by atoms with E-state index < -0.39 is 0 Å². The summed E-state index contributed by atoms with van der Waals surface area (Å²) in [6.07, 6.45) is 4.68. The normalized spacial score (nSPS) is 39.3. The number of rotatable bonds is 1.